The molecule has 2 N–H and O–H groups in total. The van der Waals surface area contributed by atoms with Crippen molar-refractivity contribution in [3.05, 3.63) is 42.1 Å². The topological polar surface area (TPSA) is 62.2 Å². The van der Waals surface area contributed by atoms with Crippen molar-refractivity contribution in [2.45, 2.75) is 18.8 Å². The lowest BCUT2D eigenvalue weighted by Crippen LogP contribution is -2.46. The Balaban J connectivity index is 1.51. The summed E-state index contributed by atoms with van der Waals surface area (Å²) in [4.78, 5) is 14.6. The van der Waals surface area contributed by atoms with E-state index in [1.54, 1.807) is 0 Å². The molecule has 1 aromatic heterocycles. The van der Waals surface area contributed by atoms with Gasteiger partial charge in [0.2, 0.25) is 5.91 Å². The van der Waals surface area contributed by atoms with Crippen LogP contribution in [0.2, 0.25) is 0 Å². The van der Waals surface area contributed by atoms with Gasteiger partial charge in [0, 0.05) is 38.2 Å². The van der Waals surface area contributed by atoms with Crippen molar-refractivity contribution in [1.82, 2.24) is 20.0 Å². The molecule has 0 spiro atoms. The SMILES string of the molecule is O=C(CN1CCNCC1)Nc1cc(C2CC2)nn1-c1ccccc1. The van der Waals surface area contributed by atoms with Gasteiger partial charge in [0.15, 0.2) is 0 Å². The van der Waals surface area contributed by atoms with Crippen LogP contribution < -0.4 is 10.6 Å². The van der Waals surface area contributed by atoms with Gasteiger partial charge in [0.1, 0.15) is 5.82 Å². The zero-order valence-corrected chi connectivity index (χ0v) is 13.7. The number of aromatic nitrogens is 2. The maximum absolute atomic E-state index is 12.4. The summed E-state index contributed by atoms with van der Waals surface area (Å²) < 4.78 is 1.85. The maximum atomic E-state index is 12.4. The van der Waals surface area contributed by atoms with Crippen molar-refractivity contribution < 1.29 is 4.79 Å². The van der Waals surface area contributed by atoms with Crippen LogP contribution in [0.1, 0.15) is 24.5 Å². The highest BCUT2D eigenvalue weighted by Crippen LogP contribution is 2.40. The fourth-order valence-electron chi connectivity index (χ4n) is 3.09. The number of hydrogen-bond acceptors (Lipinski definition) is 4. The summed E-state index contributed by atoms with van der Waals surface area (Å²) in [5.41, 5.74) is 2.05. The number of carbonyl (C=O) groups excluding carboxylic acids is 1. The highest BCUT2D eigenvalue weighted by atomic mass is 16.2. The average molecular weight is 325 g/mol. The van der Waals surface area contributed by atoms with Crippen molar-refractivity contribution in [1.29, 1.82) is 0 Å². The summed E-state index contributed by atoms with van der Waals surface area (Å²) in [5.74, 6) is 1.35. The van der Waals surface area contributed by atoms with Crippen LogP contribution in [-0.4, -0.2) is 53.3 Å². The van der Waals surface area contributed by atoms with E-state index in [2.05, 4.69) is 15.5 Å². The first-order chi connectivity index (χ1) is 11.8. The predicted octanol–water partition coefficient (Wildman–Crippen LogP) is 1.59. The molecule has 0 unspecified atom stereocenters. The molecule has 6 heteroatoms. The molecule has 2 aliphatic rings. The van der Waals surface area contributed by atoms with E-state index in [4.69, 9.17) is 5.10 Å². The Hall–Kier alpha value is -2.18. The number of para-hydroxylation sites is 1. The summed E-state index contributed by atoms with van der Waals surface area (Å²) in [7, 11) is 0. The molecule has 0 atom stereocenters. The molecule has 6 nitrogen and oxygen atoms in total. The minimum absolute atomic E-state index is 0.0244. The Kier molecular flexibility index (Phi) is 4.32. The molecule has 2 fully saturated rings. The molecule has 1 saturated carbocycles. The Labute approximate surface area is 141 Å². The normalized spacial score (nSPS) is 18.5. The molecule has 2 aromatic rings. The van der Waals surface area contributed by atoms with E-state index < -0.39 is 0 Å². The second kappa shape index (κ2) is 6.75. The molecule has 1 aliphatic heterocycles. The van der Waals surface area contributed by atoms with Gasteiger partial charge in [-0.15, -0.1) is 0 Å². The molecule has 1 amide bonds. The Bertz CT molecular complexity index is 701. The summed E-state index contributed by atoms with van der Waals surface area (Å²) in [5, 5.41) is 11.1. The van der Waals surface area contributed by atoms with Crippen LogP contribution in [0, 0.1) is 0 Å². The molecule has 24 heavy (non-hydrogen) atoms. The van der Waals surface area contributed by atoms with Crippen LogP contribution in [0.25, 0.3) is 5.69 Å². The smallest absolute Gasteiger partial charge is 0.239 e. The number of nitrogens with zero attached hydrogens (tertiary/aromatic N) is 3. The van der Waals surface area contributed by atoms with Gasteiger partial charge in [0.25, 0.3) is 0 Å². The van der Waals surface area contributed by atoms with E-state index in [1.165, 1.54) is 12.8 Å². The first-order valence-corrected chi connectivity index (χ1v) is 8.68. The molecular formula is C18H23N5O. The van der Waals surface area contributed by atoms with E-state index in [9.17, 15) is 4.79 Å². The molecule has 1 aliphatic carbocycles. The summed E-state index contributed by atoms with van der Waals surface area (Å²) in [6, 6.07) is 12.0. The number of anilines is 1. The van der Waals surface area contributed by atoms with Crippen molar-refractivity contribution in [2.24, 2.45) is 0 Å². The third-order valence-electron chi connectivity index (χ3n) is 4.57. The molecular weight excluding hydrogens is 302 g/mol. The lowest BCUT2D eigenvalue weighted by molar-refractivity contribution is -0.117. The van der Waals surface area contributed by atoms with Crippen molar-refractivity contribution in [3.63, 3.8) is 0 Å². The summed E-state index contributed by atoms with van der Waals surface area (Å²) >= 11 is 0. The van der Waals surface area contributed by atoms with Crippen LogP contribution in [0.3, 0.4) is 0 Å². The second-order valence-corrected chi connectivity index (χ2v) is 6.55. The van der Waals surface area contributed by atoms with Crippen molar-refractivity contribution in [2.75, 3.05) is 38.0 Å². The first-order valence-electron chi connectivity index (χ1n) is 8.68. The maximum Gasteiger partial charge on any atom is 0.239 e. The number of hydrogen-bond donors (Lipinski definition) is 2. The number of rotatable bonds is 5. The van der Waals surface area contributed by atoms with E-state index >= 15 is 0 Å². The van der Waals surface area contributed by atoms with E-state index in [1.807, 2.05) is 41.1 Å². The van der Waals surface area contributed by atoms with Crippen molar-refractivity contribution in [3.8, 4) is 5.69 Å². The zero-order chi connectivity index (χ0) is 16.4. The van der Waals surface area contributed by atoms with Gasteiger partial charge in [0.05, 0.1) is 17.9 Å². The quantitative estimate of drug-likeness (QED) is 0.876. The van der Waals surface area contributed by atoms with Gasteiger partial charge in [-0.05, 0) is 25.0 Å². The van der Waals surface area contributed by atoms with Gasteiger partial charge in [-0.1, -0.05) is 18.2 Å². The van der Waals surface area contributed by atoms with Gasteiger partial charge in [-0.2, -0.15) is 5.10 Å². The van der Waals surface area contributed by atoms with E-state index in [-0.39, 0.29) is 5.91 Å². The lowest BCUT2D eigenvalue weighted by Gasteiger charge is -2.26. The van der Waals surface area contributed by atoms with Crippen LogP contribution >= 0.6 is 0 Å². The van der Waals surface area contributed by atoms with Gasteiger partial charge in [-0.25, -0.2) is 4.68 Å². The molecule has 2 heterocycles. The minimum Gasteiger partial charge on any atom is -0.314 e. The number of carbonyl (C=O) groups is 1. The standard InChI is InChI=1S/C18H23N5O/c24-18(13-22-10-8-19-9-11-22)20-17-12-16(14-6-7-14)21-23(17)15-4-2-1-3-5-15/h1-5,12,14,19H,6-11,13H2,(H,20,24). The fourth-order valence-corrected chi connectivity index (χ4v) is 3.09. The molecule has 0 bridgehead atoms. The predicted molar refractivity (Wildman–Crippen MR) is 93.5 cm³/mol. The minimum atomic E-state index is 0.0244. The highest BCUT2D eigenvalue weighted by Gasteiger charge is 2.28. The van der Waals surface area contributed by atoms with Gasteiger partial charge < -0.3 is 10.6 Å². The molecule has 1 aromatic carbocycles. The lowest BCUT2D eigenvalue weighted by atomic mass is 10.3. The number of piperazine rings is 1. The Morgan fingerprint density at radius 2 is 1.96 bits per heavy atom. The number of benzene rings is 1. The summed E-state index contributed by atoms with van der Waals surface area (Å²) in [6.45, 7) is 4.15. The number of amides is 1. The van der Waals surface area contributed by atoms with Gasteiger partial charge in [-0.3, -0.25) is 9.69 Å². The highest BCUT2D eigenvalue weighted by molar-refractivity contribution is 5.91. The zero-order valence-electron chi connectivity index (χ0n) is 13.7. The Morgan fingerprint density at radius 3 is 2.67 bits per heavy atom. The molecule has 126 valence electrons. The third kappa shape index (κ3) is 3.49. The van der Waals surface area contributed by atoms with Crippen LogP contribution in [0.4, 0.5) is 5.82 Å². The first kappa shape index (κ1) is 15.4. The van der Waals surface area contributed by atoms with Crippen LogP contribution in [0.15, 0.2) is 36.4 Å². The Morgan fingerprint density at radius 1 is 1.21 bits per heavy atom. The monoisotopic (exact) mass is 325 g/mol. The third-order valence-corrected chi connectivity index (χ3v) is 4.57. The van der Waals surface area contributed by atoms with Gasteiger partial charge >= 0.3 is 0 Å². The van der Waals surface area contributed by atoms with E-state index in [0.29, 0.717) is 12.5 Å². The van der Waals surface area contributed by atoms with Crippen LogP contribution in [-0.2, 0) is 4.79 Å². The fraction of sp³-hybridized carbons (Fsp3) is 0.444. The molecule has 1 saturated heterocycles. The summed E-state index contributed by atoms with van der Waals surface area (Å²) in [6.07, 6.45) is 2.39. The largest absolute Gasteiger partial charge is 0.314 e. The number of nitrogens with one attached hydrogen (secondary N) is 2. The molecule has 0 radical (unpaired) electrons. The molecule has 4 rings (SSSR count). The average Bonchev–Trinajstić information content (AvgIpc) is 3.38. The van der Waals surface area contributed by atoms with Crippen molar-refractivity contribution >= 4 is 11.7 Å². The van der Waals surface area contributed by atoms with Crippen LogP contribution in [0.5, 0.6) is 0 Å². The second-order valence-electron chi connectivity index (χ2n) is 6.55. The van der Waals surface area contributed by atoms with E-state index in [0.717, 1.165) is 43.4 Å².